The number of nitrogens with one attached hydrogen (secondary N) is 1. The molecule has 0 aromatic carbocycles. The number of anilines is 1. The number of piperazine rings is 1. The summed E-state index contributed by atoms with van der Waals surface area (Å²) >= 11 is 1.43. The molecule has 3 rings (SSSR count). The number of alkyl halides is 3. The number of rotatable bonds is 5. The zero-order chi connectivity index (χ0) is 20.1. The normalized spacial score (nSPS) is 21.4. The minimum Gasteiger partial charge on any atom is -0.352 e. The van der Waals surface area contributed by atoms with Crippen LogP contribution >= 0.6 is 35.5 Å². The first-order valence-electron chi connectivity index (χ1n) is 9.80. The Morgan fingerprint density at radius 1 is 1.21 bits per heavy atom. The smallest absolute Gasteiger partial charge is 0.352 e. The van der Waals surface area contributed by atoms with Crippen molar-refractivity contribution in [3.8, 4) is 0 Å². The van der Waals surface area contributed by atoms with Gasteiger partial charge in [0.05, 0.1) is 6.54 Å². The summed E-state index contributed by atoms with van der Waals surface area (Å²) in [6.45, 7) is 7.91. The van der Waals surface area contributed by atoms with E-state index in [-0.39, 0.29) is 30.0 Å². The van der Waals surface area contributed by atoms with Crippen LogP contribution in [0.2, 0.25) is 0 Å². The number of halogens is 4. The topological polar surface area (TPSA) is 59.9 Å². The molecule has 29 heavy (non-hydrogen) atoms. The number of hydrogen-bond donors (Lipinski definition) is 1. The largest absolute Gasteiger partial charge is 0.401 e. The van der Waals surface area contributed by atoms with Crippen LogP contribution < -0.4 is 10.2 Å². The Bertz CT molecular complexity index is 662. The molecule has 1 N–H and O–H groups in total. The summed E-state index contributed by atoms with van der Waals surface area (Å²) < 4.78 is 42.2. The molecule has 7 nitrogen and oxygen atoms in total. The maximum absolute atomic E-state index is 12.6. The van der Waals surface area contributed by atoms with Crippen LogP contribution in [0.25, 0.3) is 0 Å². The zero-order valence-corrected chi connectivity index (χ0v) is 19.9. The van der Waals surface area contributed by atoms with Gasteiger partial charge in [0.2, 0.25) is 5.13 Å². The van der Waals surface area contributed by atoms with Gasteiger partial charge in [-0.1, -0.05) is 6.92 Å². The molecule has 3 heterocycles. The van der Waals surface area contributed by atoms with E-state index in [9.17, 15) is 13.2 Å². The van der Waals surface area contributed by atoms with Crippen LogP contribution in [0, 0.1) is 0 Å². The third kappa shape index (κ3) is 7.09. The summed E-state index contributed by atoms with van der Waals surface area (Å²) in [6.07, 6.45) is -2.61. The highest BCUT2D eigenvalue weighted by molar-refractivity contribution is 14.0. The number of aryl methyl sites for hydroxylation is 1. The molecule has 166 valence electrons. The fourth-order valence-electron chi connectivity index (χ4n) is 3.54. The lowest BCUT2D eigenvalue weighted by Gasteiger charge is -2.37. The van der Waals surface area contributed by atoms with Gasteiger partial charge in [0.25, 0.3) is 0 Å². The van der Waals surface area contributed by atoms with Crippen molar-refractivity contribution in [2.75, 3.05) is 57.3 Å². The average Bonchev–Trinajstić information content (AvgIpc) is 3.29. The molecule has 1 unspecified atom stereocenters. The van der Waals surface area contributed by atoms with E-state index in [0.29, 0.717) is 26.1 Å². The fourth-order valence-corrected chi connectivity index (χ4v) is 4.34. The zero-order valence-electron chi connectivity index (χ0n) is 16.8. The quantitative estimate of drug-likeness (QED) is 0.348. The van der Waals surface area contributed by atoms with Gasteiger partial charge in [-0.25, -0.2) is 4.98 Å². The molecule has 2 fully saturated rings. The molecular weight excluding hydrogens is 518 g/mol. The molecule has 1 atom stereocenters. The van der Waals surface area contributed by atoms with Crippen molar-refractivity contribution in [3.63, 3.8) is 0 Å². The number of likely N-dealkylation sites (tertiary alicyclic amines) is 1. The predicted molar refractivity (Wildman–Crippen MR) is 120 cm³/mol. The van der Waals surface area contributed by atoms with E-state index in [1.54, 1.807) is 0 Å². The number of aromatic nitrogens is 2. The van der Waals surface area contributed by atoms with Crippen molar-refractivity contribution in [1.82, 2.24) is 24.5 Å². The van der Waals surface area contributed by atoms with Crippen LogP contribution in [-0.4, -0.2) is 89.7 Å². The average molecular weight is 547 g/mol. The molecule has 0 amide bonds. The van der Waals surface area contributed by atoms with E-state index >= 15 is 0 Å². The van der Waals surface area contributed by atoms with Crippen molar-refractivity contribution >= 4 is 46.6 Å². The lowest BCUT2D eigenvalue weighted by Crippen LogP contribution is -2.54. The standard InChI is InChI=1S/C17H28F3N7S.HI/c1-3-14-23-16(28-24-14)27-9-7-26(8-10-27)15(21-4-2)22-13-5-6-25(11-13)12-17(18,19)20;/h13H,3-12H2,1-2H3,(H,21,22);1H. The number of aliphatic imine (C=N–C) groups is 1. The molecule has 2 saturated heterocycles. The molecule has 0 bridgehead atoms. The van der Waals surface area contributed by atoms with Gasteiger partial charge in [0, 0.05) is 69.8 Å². The molecule has 1 aromatic heterocycles. The van der Waals surface area contributed by atoms with Crippen molar-refractivity contribution in [2.24, 2.45) is 4.99 Å². The Labute approximate surface area is 190 Å². The van der Waals surface area contributed by atoms with Crippen LogP contribution in [0.5, 0.6) is 0 Å². The van der Waals surface area contributed by atoms with Gasteiger partial charge in [-0.2, -0.15) is 17.5 Å². The van der Waals surface area contributed by atoms with E-state index in [4.69, 9.17) is 0 Å². The van der Waals surface area contributed by atoms with E-state index in [2.05, 4.69) is 29.5 Å². The lowest BCUT2D eigenvalue weighted by molar-refractivity contribution is -0.143. The van der Waals surface area contributed by atoms with Crippen molar-refractivity contribution in [3.05, 3.63) is 5.82 Å². The first kappa shape index (κ1) is 24.4. The van der Waals surface area contributed by atoms with Crippen LogP contribution in [-0.2, 0) is 6.42 Å². The molecule has 2 aliphatic rings. The highest BCUT2D eigenvalue weighted by Gasteiger charge is 2.35. The summed E-state index contributed by atoms with van der Waals surface area (Å²) in [5, 5.41) is 4.35. The first-order valence-corrected chi connectivity index (χ1v) is 10.6. The second-order valence-corrected chi connectivity index (χ2v) is 7.83. The van der Waals surface area contributed by atoms with Crippen molar-refractivity contribution < 1.29 is 13.2 Å². The first-order chi connectivity index (χ1) is 13.4. The summed E-state index contributed by atoms with van der Waals surface area (Å²) in [5.74, 6) is 1.68. The molecule has 0 spiro atoms. The second kappa shape index (κ2) is 10.9. The highest BCUT2D eigenvalue weighted by atomic mass is 127. The van der Waals surface area contributed by atoms with Gasteiger partial charge < -0.3 is 15.1 Å². The molecular formula is C17H29F3IN7S. The number of guanidine groups is 1. The van der Waals surface area contributed by atoms with Crippen molar-refractivity contribution in [1.29, 1.82) is 0 Å². The third-order valence-corrected chi connectivity index (χ3v) is 5.75. The Hall–Kier alpha value is -0.890. The van der Waals surface area contributed by atoms with Gasteiger partial charge in [0.15, 0.2) is 5.96 Å². The Morgan fingerprint density at radius 3 is 2.52 bits per heavy atom. The minimum atomic E-state index is -4.14. The van der Waals surface area contributed by atoms with Gasteiger partial charge in [-0.15, -0.1) is 24.0 Å². The monoisotopic (exact) mass is 547 g/mol. The van der Waals surface area contributed by atoms with Gasteiger partial charge in [-0.05, 0) is 13.3 Å². The lowest BCUT2D eigenvalue weighted by atomic mass is 10.2. The summed E-state index contributed by atoms with van der Waals surface area (Å²) in [4.78, 5) is 15.0. The van der Waals surface area contributed by atoms with Crippen molar-refractivity contribution in [2.45, 2.75) is 38.9 Å². The molecule has 0 saturated carbocycles. The summed E-state index contributed by atoms with van der Waals surface area (Å²) in [5.41, 5.74) is 0. The maximum Gasteiger partial charge on any atom is 0.401 e. The predicted octanol–water partition coefficient (Wildman–Crippen LogP) is 2.44. The van der Waals surface area contributed by atoms with Crippen LogP contribution in [0.3, 0.4) is 0 Å². The summed E-state index contributed by atoms with van der Waals surface area (Å²) in [6, 6.07) is 0.000884. The second-order valence-electron chi connectivity index (χ2n) is 7.10. The Morgan fingerprint density at radius 2 is 1.93 bits per heavy atom. The number of nitrogens with zero attached hydrogens (tertiary/aromatic N) is 6. The molecule has 12 heteroatoms. The van der Waals surface area contributed by atoms with Crippen LogP contribution in [0.15, 0.2) is 4.99 Å². The van der Waals surface area contributed by atoms with Crippen LogP contribution in [0.1, 0.15) is 26.1 Å². The Balaban J connectivity index is 0.00000300. The third-order valence-electron chi connectivity index (χ3n) is 4.94. The highest BCUT2D eigenvalue weighted by Crippen LogP contribution is 2.21. The van der Waals surface area contributed by atoms with E-state index in [0.717, 1.165) is 49.5 Å². The molecule has 1 aromatic rings. The van der Waals surface area contributed by atoms with Gasteiger partial charge >= 0.3 is 6.18 Å². The molecule has 0 aliphatic carbocycles. The molecule has 0 radical (unpaired) electrons. The fraction of sp³-hybridized carbons (Fsp3) is 0.824. The SMILES string of the molecule is CCN=C(NC1CCN(CC(F)(F)F)C1)N1CCN(c2nc(CC)ns2)CC1.I. The van der Waals surface area contributed by atoms with Gasteiger partial charge in [0.1, 0.15) is 5.82 Å². The summed E-state index contributed by atoms with van der Waals surface area (Å²) in [7, 11) is 0. The van der Waals surface area contributed by atoms with Crippen LogP contribution in [0.4, 0.5) is 18.3 Å². The maximum atomic E-state index is 12.6. The minimum absolute atomic E-state index is 0. The van der Waals surface area contributed by atoms with E-state index < -0.39 is 12.7 Å². The van der Waals surface area contributed by atoms with Gasteiger partial charge in [-0.3, -0.25) is 9.89 Å². The van der Waals surface area contributed by atoms with E-state index in [1.165, 1.54) is 16.4 Å². The number of hydrogen-bond acceptors (Lipinski definition) is 6. The molecule has 2 aliphatic heterocycles. The Kier molecular flexibility index (Phi) is 9.19. The van der Waals surface area contributed by atoms with E-state index in [1.807, 2.05) is 13.8 Å².